The smallest absolute Gasteiger partial charge is 0.341 e. The molecule has 0 bridgehead atoms. The van der Waals surface area contributed by atoms with Crippen molar-refractivity contribution in [3.63, 3.8) is 0 Å². The fraction of sp³-hybridized carbons (Fsp3) is 0.375. The number of fused-ring (bicyclic) bond motifs is 1. The molecule has 0 radical (unpaired) electrons. The van der Waals surface area contributed by atoms with Gasteiger partial charge in [0.1, 0.15) is 5.56 Å². The van der Waals surface area contributed by atoms with Crippen molar-refractivity contribution in [3.05, 3.63) is 46.2 Å². The Hall–Kier alpha value is -2.18. The predicted octanol–water partition coefficient (Wildman–Crippen LogP) is 1.03. The van der Waals surface area contributed by atoms with Crippen LogP contribution in [0.4, 0.5) is 0 Å². The van der Waals surface area contributed by atoms with Gasteiger partial charge >= 0.3 is 5.97 Å². The Morgan fingerprint density at radius 1 is 1.18 bits per heavy atom. The van der Waals surface area contributed by atoms with Gasteiger partial charge < -0.3 is 14.4 Å². The number of carboxylic acid groups (broad SMARTS) is 1. The SMILES string of the molecule is O=C(O)c1cn(CCN2CCOCC2)c2ccccc2c1=O. The van der Waals surface area contributed by atoms with Crippen LogP contribution < -0.4 is 5.43 Å². The van der Waals surface area contributed by atoms with Crippen molar-refractivity contribution in [2.24, 2.45) is 0 Å². The summed E-state index contributed by atoms with van der Waals surface area (Å²) in [5, 5.41) is 9.67. The lowest BCUT2D eigenvalue weighted by Crippen LogP contribution is -2.38. The molecule has 1 saturated heterocycles. The van der Waals surface area contributed by atoms with Gasteiger partial charge in [0, 0.05) is 37.8 Å². The zero-order chi connectivity index (χ0) is 15.5. The van der Waals surface area contributed by atoms with Crippen LogP contribution in [0.3, 0.4) is 0 Å². The van der Waals surface area contributed by atoms with Gasteiger partial charge in [0.2, 0.25) is 5.43 Å². The van der Waals surface area contributed by atoms with Crippen LogP contribution in [0, 0.1) is 0 Å². The predicted molar refractivity (Wildman–Crippen MR) is 82.4 cm³/mol. The molecule has 1 aliphatic heterocycles. The van der Waals surface area contributed by atoms with Gasteiger partial charge in [-0.15, -0.1) is 0 Å². The molecule has 1 aromatic heterocycles. The number of aromatic nitrogens is 1. The number of hydrogen-bond acceptors (Lipinski definition) is 4. The number of morpholine rings is 1. The van der Waals surface area contributed by atoms with Gasteiger partial charge in [-0.1, -0.05) is 12.1 Å². The van der Waals surface area contributed by atoms with Crippen LogP contribution in [-0.2, 0) is 11.3 Å². The van der Waals surface area contributed by atoms with Crippen LogP contribution in [0.25, 0.3) is 10.9 Å². The Balaban J connectivity index is 1.95. The van der Waals surface area contributed by atoms with E-state index in [-0.39, 0.29) is 5.56 Å². The van der Waals surface area contributed by atoms with Gasteiger partial charge in [0.05, 0.1) is 18.7 Å². The van der Waals surface area contributed by atoms with E-state index in [0.29, 0.717) is 11.9 Å². The van der Waals surface area contributed by atoms with Gasteiger partial charge in [0.15, 0.2) is 0 Å². The van der Waals surface area contributed by atoms with E-state index in [0.717, 1.165) is 38.4 Å². The number of carbonyl (C=O) groups is 1. The molecule has 2 aromatic rings. The molecule has 6 heteroatoms. The van der Waals surface area contributed by atoms with Crippen LogP contribution in [-0.4, -0.2) is 53.4 Å². The number of benzene rings is 1. The van der Waals surface area contributed by atoms with Gasteiger partial charge in [-0.05, 0) is 12.1 Å². The van der Waals surface area contributed by atoms with Gasteiger partial charge in [0.25, 0.3) is 0 Å². The monoisotopic (exact) mass is 302 g/mol. The third kappa shape index (κ3) is 2.88. The summed E-state index contributed by atoms with van der Waals surface area (Å²) in [4.78, 5) is 25.8. The first-order valence-corrected chi connectivity index (χ1v) is 7.32. The fourth-order valence-electron chi connectivity index (χ4n) is 2.76. The van der Waals surface area contributed by atoms with E-state index in [1.54, 1.807) is 12.1 Å². The number of ether oxygens (including phenoxy) is 1. The van der Waals surface area contributed by atoms with E-state index in [2.05, 4.69) is 4.90 Å². The molecular weight excluding hydrogens is 284 g/mol. The highest BCUT2D eigenvalue weighted by Gasteiger charge is 2.15. The number of carboxylic acids is 1. The lowest BCUT2D eigenvalue weighted by Gasteiger charge is -2.27. The van der Waals surface area contributed by atoms with E-state index in [9.17, 15) is 14.7 Å². The van der Waals surface area contributed by atoms with Gasteiger partial charge in [-0.3, -0.25) is 9.69 Å². The third-order valence-corrected chi connectivity index (χ3v) is 3.98. The van der Waals surface area contributed by atoms with E-state index in [4.69, 9.17) is 4.74 Å². The highest BCUT2D eigenvalue weighted by atomic mass is 16.5. The third-order valence-electron chi connectivity index (χ3n) is 3.98. The Labute approximate surface area is 127 Å². The maximum Gasteiger partial charge on any atom is 0.341 e. The number of hydrogen-bond donors (Lipinski definition) is 1. The van der Waals surface area contributed by atoms with E-state index in [1.165, 1.54) is 6.20 Å². The quantitative estimate of drug-likeness (QED) is 0.913. The number of rotatable bonds is 4. The minimum absolute atomic E-state index is 0.180. The van der Waals surface area contributed by atoms with Crippen LogP contribution in [0.1, 0.15) is 10.4 Å². The highest BCUT2D eigenvalue weighted by Crippen LogP contribution is 2.12. The molecule has 0 aliphatic carbocycles. The van der Waals surface area contributed by atoms with Gasteiger partial charge in [-0.2, -0.15) is 0 Å². The first kappa shape index (κ1) is 14.7. The second-order valence-corrected chi connectivity index (χ2v) is 5.34. The summed E-state index contributed by atoms with van der Waals surface area (Å²) in [6.07, 6.45) is 1.45. The number of nitrogens with zero attached hydrogens (tertiary/aromatic N) is 2. The van der Waals surface area contributed by atoms with Crippen molar-refractivity contribution >= 4 is 16.9 Å². The summed E-state index contributed by atoms with van der Waals surface area (Å²) in [7, 11) is 0. The zero-order valence-corrected chi connectivity index (χ0v) is 12.2. The first-order chi connectivity index (χ1) is 10.7. The zero-order valence-electron chi connectivity index (χ0n) is 12.2. The van der Waals surface area contributed by atoms with E-state index in [1.807, 2.05) is 16.7 Å². The molecule has 1 aliphatic rings. The van der Waals surface area contributed by atoms with Crippen molar-refractivity contribution < 1.29 is 14.6 Å². The Morgan fingerprint density at radius 2 is 1.91 bits per heavy atom. The van der Waals surface area contributed by atoms with Gasteiger partial charge in [-0.25, -0.2) is 4.79 Å². The molecule has 0 amide bonds. The van der Waals surface area contributed by atoms with Crippen LogP contribution in [0.15, 0.2) is 35.3 Å². The molecular formula is C16H18N2O4. The molecule has 0 atom stereocenters. The van der Waals surface area contributed by atoms with Crippen LogP contribution in [0.5, 0.6) is 0 Å². The minimum atomic E-state index is -1.18. The second kappa shape index (κ2) is 6.29. The summed E-state index contributed by atoms with van der Waals surface area (Å²) in [5.74, 6) is -1.18. The molecule has 22 heavy (non-hydrogen) atoms. The summed E-state index contributed by atoms with van der Waals surface area (Å²) in [5.41, 5.74) is 0.164. The Morgan fingerprint density at radius 3 is 2.64 bits per heavy atom. The van der Waals surface area contributed by atoms with Crippen molar-refractivity contribution in [2.75, 3.05) is 32.8 Å². The van der Waals surface area contributed by atoms with E-state index >= 15 is 0 Å². The average molecular weight is 302 g/mol. The van der Waals surface area contributed by atoms with Crippen LogP contribution in [0.2, 0.25) is 0 Å². The molecule has 0 saturated carbocycles. The highest BCUT2D eigenvalue weighted by molar-refractivity contribution is 5.92. The van der Waals surface area contributed by atoms with Crippen LogP contribution >= 0.6 is 0 Å². The summed E-state index contributed by atoms with van der Waals surface area (Å²) >= 11 is 0. The molecule has 0 unspecified atom stereocenters. The Bertz CT molecular complexity index is 747. The second-order valence-electron chi connectivity index (χ2n) is 5.34. The molecule has 1 fully saturated rings. The summed E-state index contributed by atoms with van der Waals surface area (Å²) < 4.78 is 7.18. The molecule has 6 nitrogen and oxygen atoms in total. The van der Waals surface area contributed by atoms with E-state index < -0.39 is 11.4 Å². The minimum Gasteiger partial charge on any atom is -0.477 e. The molecule has 1 aromatic carbocycles. The van der Waals surface area contributed by atoms with Crippen molar-refractivity contribution in [1.29, 1.82) is 0 Å². The lowest BCUT2D eigenvalue weighted by molar-refractivity contribution is 0.0365. The molecule has 1 N–H and O–H groups in total. The Kier molecular flexibility index (Phi) is 4.22. The number of pyridine rings is 1. The lowest BCUT2D eigenvalue weighted by atomic mass is 10.1. The fourth-order valence-corrected chi connectivity index (χ4v) is 2.76. The average Bonchev–Trinajstić information content (AvgIpc) is 2.55. The summed E-state index contributed by atoms with van der Waals surface area (Å²) in [6, 6.07) is 7.13. The maximum atomic E-state index is 12.2. The standard InChI is InChI=1S/C16H18N2O4/c19-15-12-3-1-2-4-14(12)18(11-13(15)16(20)21)6-5-17-7-9-22-10-8-17/h1-4,11H,5-10H2,(H,20,21). The van der Waals surface area contributed by atoms with Crippen molar-refractivity contribution in [2.45, 2.75) is 6.54 Å². The summed E-state index contributed by atoms with van der Waals surface area (Å²) in [6.45, 7) is 4.65. The maximum absolute atomic E-state index is 12.2. The topological polar surface area (TPSA) is 71.8 Å². The molecule has 3 rings (SSSR count). The molecule has 2 heterocycles. The van der Waals surface area contributed by atoms with Crippen molar-refractivity contribution in [1.82, 2.24) is 9.47 Å². The first-order valence-electron chi connectivity index (χ1n) is 7.32. The molecule has 0 spiro atoms. The largest absolute Gasteiger partial charge is 0.477 e. The van der Waals surface area contributed by atoms with Crippen molar-refractivity contribution in [3.8, 4) is 0 Å². The number of para-hydroxylation sites is 1. The normalized spacial score (nSPS) is 16.0. The molecule has 116 valence electrons. The number of aromatic carboxylic acids is 1.